The summed E-state index contributed by atoms with van der Waals surface area (Å²) >= 11 is 0. The van der Waals surface area contributed by atoms with Gasteiger partial charge >= 0.3 is 8.60 Å². The van der Waals surface area contributed by atoms with Gasteiger partial charge in [0.25, 0.3) is 0 Å². The molecule has 0 saturated carbocycles. The van der Waals surface area contributed by atoms with Crippen molar-refractivity contribution >= 4 is 8.60 Å². The fourth-order valence-corrected chi connectivity index (χ4v) is 5.62. The number of benzene rings is 2. The standard InChI is InChI=1S/C32H51O3P/c1-16-33-36(34-27-17-21(2)23(29(4,5)6)19-25(27)31(10,11)12)35-28-18-22(3)24(30(7,8)9)20-26(28)32(13,14)15/h17-20H,16H2,1-15H3. The third-order valence-corrected chi connectivity index (χ3v) is 7.63. The zero-order valence-electron chi connectivity index (χ0n) is 25.7. The normalized spacial score (nSPS) is 13.3. The van der Waals surface area contributed by atoms with E-state index in [1.54, 1.807) is 0 Å². The van der Waals surface area contributed by atoms with Crippen molar-refractivity contribution in [1.29, 1.82) is 0 Å². The lowest BCUT2D eigenvalue weighted by molar-refractivity contribution is 0.276. The van der Waals surface area contributed by atoms with Crippen molar-refractivity contribution in [3.05, 3.63) is 57.6 Å². The molecule has 0 aliphatic carbocycles. The van der Waals surface area contributed by atoms with Crippen LogP contribution in [-0.2, 0) is 26.2 Å². The van der Waals surface area contributed by atoms with Gasteiger partial charge in [-0.2, -0.15) is 0 Å². The Hall–Kier alpha value is -1.57. The zero-order chi connectivity index (χ0) is 27.9. The molecule has 2 aromatic rings. The summed E-state index contributed by atoms with van der Waals surface area (Å²) in [6.07, 6.45) is 0. The maximum absolute atomic E-state index is 6.59. The average molecular weight is 515 g/mol. The molecule has 0 N–H and O–H groups in total. The van der Waals surface area contributed by atoms with Gasteiger partial charge in [0.1, 0.15) is 11.5 Å². The van der Waals surface area contributed by atoms with Crippen molar-refractivity contribution in [2.24, 2.45) is 0 Å². The second-order valence-corrected chi connectivity index (χ2v) is 15.2. The molecule has 0 heterocycles. The molecule has 0 unspecified atom stereocenters. The number of rotatable bonds is 6. The van der Waals surface area contributed by atoms with Gasteiger partial charge in [-0.25, -0.2) is 0 Å². The van der Waals surface area contributed by atoms with Crippen LogP contribution in [-0.4, -0.2) is 6.61 Å². The highest BCUT2D eigenvalue weighted by molar-refractivity contribution is 7.42. The highest BCUT2D eigenvalue weighted by atomic mass is 31.2. The predicted octanol–water partition coefficient (Wildman–Crippen LogP) is 10.2. The van der Waals surface area contributed by atoms with Gasteiger partial charge in [-0.05, 0) is 76.8 Å². The summed E-state index contributed by atoms with van der Waals surface area (Å²) in [7, 11) is -1.64. The second kappa shape index (κ2) is 10.7. The van der Waals surface area contributed by atoms with Gasteiger partial charge < -0.3 is 9.05 Å². The smallest absolute Gasteiger partial charge is 0.417 e. The molecular formula is C32H51O3P. The maximum atomic E-state index is 6.59. The van der Waals surface area contributed by atoms with E-state index in [4.69, 9.17) is 13.6 Å². The number of hydrogen-bond donors (Lipinski definition) is 0. The van der Waals surface area contributed by atoms with Crippen LogP contribution in [0.25, 0.3) is 0 Å². The van der Waals surface area contributed by atoms with Crippen LogP contribution in [0.4, 0.5) is 0 Å². The van der Waals surface area contributed by atoms with Crippen LogP contribution in [0.2, 0.25) is 0 Å². The quantitative estimate of drug-likeness (QED) is 0.359. The van der Waals surface area contributed by atoms with E-state index < -0.39 is 8.60 Å². The predicted molar refractivity (Wildman–Crippen MR) is 157 cm³/mol. The molecule has 2 rings (SSSR count). The van der Waals surface area contributed by atoms with Gasteiger partial charge in [0.2, 0.25) is 0 Å². The fraction of sp³-hybridized carbons (Fsp3) is 0.625. The van der Waals surface area contributed by atoms with E-state index in [1.807, 2.05) is 6.92 Å². The average Bonchev–Trinajstić information content (AvgIpc) is 2.64. The van der Waals surface area contributed by atoms with E-state index in [0.717, 1.165) is 11.5 Å². The van der Waals surface area contributed by atoms with Gasteiger partial charge in [-0.1, -0.05) is 95.2 Å². The first-order chi connectivity index (χ1) is 16.2. The fourth-order valence-electron chi connectivity index (χ4n) is 4.64. The SMILES string of the molecule is CCOP(Oc1cc(C)c(C(C)(C)C)cc1C(C)(C)C)Oc1cc(C)c(C(C)(C)C)cc1C(C)(C)C. The molecule has 0 aliphatic heterocycles. The van der Waals surface area contributed by atoms with E-state index in [1.165, 1.54) is 33.4 Å². The Kier molecular flexibility index (Phi) is 9.08. The van der Waals surface area contributed by atoms with Gasteiger partial charge in [0.05, 0.1) is 6.61 Å². The van der Waals surface area contributed by atoms with Crippen molar-refractivity contribution in [2.75, 3.05) is 6.61 Å². The Morgan fingerprint density at radius 3 is 1.08 bits per heavy atom. The minimum Gasteiger partial charge on any atom is -0.417 e. The molecular weight excluding hydrogens is 463 g/mol. The van der Waals surface area contributed by atoms with Crippen molar-refractivity contribution in [1.82, 2.24) is 0 Å². The molecule has 0 amide bonds. The van der Waals surface area contributed by atoms with Crippen LogP contribution in [0, 0.1) is 13.8 Å². The van der Waals surface area contributed by atoms with Crippen molar-refractivity contribution in [3.8, 4) is 11.5 Å². The zero-order valence-corrected chi connectivity index (χ0v) is 26.6. The lowest BCUT2D eigenvalue weighted by Crippen LogP contribution is -2.20. The van der Waals surface area contributed by atoms with Gasteiger partial charge in [0, 0.05) is 11.1 Å². The van der Waals surface area contributed by atoms with Crippen LogP contribution >= 0.6 is 8.60 Å². The summed E-state index contributed by atoms with van der Waals surface area (Å²) in [4.78, 5) is 0. The first-order valence-electron chi connectivity index (χ1n) is 13.3. The first-order valence-corrected chi connectivity index (χ1v) is 14.4. The molecule has 0 aromatic heterocycles. The molecule has 0 atom stereocenters. The summed E-state index contributed by atoms with van der Waals surface area (Å²) in [6, 6.07) is 8.95. The molecule has 0 bridgehead atoms. The highest BCUT2D eigenvalue weighted by Crippen LogP contribution is 2.49. The summed E-state index contributed by atoms with van der Waals surface area (Å²) in [5, 5.41) is 0. The lowest BCUT2D eigenvalue weighted by atomic mass is 9.78. The van der Waals surface area contributed by atoms with E-state index >= 15 is 0 Å². The minimum absolute atomic E-state index is 0.0533. The molecule has 2 aromatic carbocycles. The number of hydrogen-bond acceptors (Lipinski definition) is 3. The van der Waals surface area contributed by atoms with E-state index in [2.05, 4.69) is 121 Å². The molecule has 4 heteroatoms. The van der Waals surface area contributed by atoms with Crippen molar-refractivity contribution in [2.45, 2.75) is 126 Å². The van der Waals surface area contributed by atoms with Crippen molar-refractivity contribution in [3.63, 3.8) is 0 Å². The molecule has 0 spiro atoms. The van der Waals surface area contributed by atoms with Gasteiger partial charge in [-0.15, -0.1) is 0 Å². The van der Waals surface area contributed by atoms with Crippen molar-refractivity contribution < 1.29 is 13.6 Å². The molecule has 0 radical (unpaired) electrons. The Morgan fingerprint density at radius 2 is 0.833 bits per heavy atom. The topological polar surface area (TPSA) is 27.7 Å². The largest absolute Gasteiger partial charge is 0.463 e. The monoisotopic (exact) mass is 514 g/mol. The van der Waals surface area contributed by atoms with Crippen LogP contribution < -0.4 is 9.05 Å². The van der Waals surface area contributed by atoms with Crippen LogP contribution in [0.3, 0.4) is 0 Å². The van der Waals surface area contributed by atoms with Gasteiger partial charge in [-0.3, -0.25) is 4.52 Å². The van der Waals surface area contributed by atoms with E-state index in [-0.39, 0.29) is 21.7 Å². The molecule has 0 fully saturated rings. The van der Waals surface area contributed by atoms with Crippen LogP contribution in [0.5, 0.6) is 11.5 Å². The molecule has 0 aliphatic rings. The maximum Gasteiger partial charge on any atom is 0.463 e. The van der Waals surface area contributed by atoms with Crippen LogP contribution in [0.15, 0.2) is 24.3 Å². The Bertz CT molecular complexity index is 974. The Morgan fingerprint density at radius 1 is 0.528 bits per heavy atom. The molecule has 36 heavy (non-hydrogen) atoms. The third-order valence-electron chi connectivity index (χ3n) is 6.47. The third kappa shape index (κ3) is 7.48. The summed E-state index contributed by atoms with van der Waals surface area (Å²) in [6.45, 7) is 33.8. The molecule has 202 valence electrons. The lowest BCUT2D eigenvalue weighted by Gasteiger charge is -2.31. The summed E-state index contributed by atoms with van der Waals surface area (Å²) in [5.74, 6) is 1.68. The molecule has 3 nitrogen and oxygen atoms in total. The van der Waals surface area contributed by atoms with Crippen LogP contribution in [0.1, 0.15) is 123 Å². The number of aryl methyl sites for hydroxylation is 2. The van der Waals surface area contributed by atoms with Gasteiger partial charge in [0.15, 0.2) is 0 Å². The Labute approximate surface area is 223 Å². The molecule has 0 saturated heterocycles. The minimum atomic E-state index is -1.64. The highest BCUT2D eigenvalue weighted by Gasteiger charge is 2.30. The first kappa shape index (κ1) is 30.7. The second-order valence-electron chi connectivity index (χ2n) is 14.2. The summed E-state index contributed by atoms with van der Waals surface area (Å²) < 4.78 is 19.3. The summed E-state index contributed by atoms with van der Waals surface area (Å²) in [5.41, 5.74) is 7.39. The Balaban J connectivity index is 2.60. The van der Waals surface area contributed by atoms with E-state index in [0.29, 0.717) is 6.61 Å². The van der Waals surface area contributed by atoms with E-state index in [9.17, 15) is 0 Å².